The molecule has 0 aliphatic heterocycles. The normalized spacial score (nSPS) is 13.9. The van der Waals surface area contributed by atoms with Crippen LogP contribution in [0.2, 0.25) is 0 Å². The Morgan fingerprint density at radius 2 is 1.76 bits per heavy atom. The van der Waals surface area contributed by atoms with Crippen LogP contribution in [-0.2, 0) is 0 Å². The second-order valence-electron chi connectivity index (χ2n) is 6.04. The molecule has 2 unspecified atom stereocenters. The van der Waals surface area contributed by atoms with E-state index < -0.39 is 0 Å². The Balaban J connectivity index is 0.00000576. The fraction of sp³-hybridized carbons (Fsp3) is 0.632. The summed E-state index contributed by atoms with van der Waals surface area (Å²) in [5.74, 6) is 0.985. The third kappa shape index (κ3) is 8.87. The second-order valence-corrected chi connectivity index (χ2v) is 6.04. The van der Waals surface area contributed by atoms with E-state index in [4.69, 9.17) is 5.11 Å². The topological polar surface area (TPSA) is 59.9 Å². The molecule has 0 fully saturated rings. The Kier molecular flexibility index (Phi) is 13.8. The summed E-state index contributed by atoms with van der Waals surface area (Å²) in [7, 11) is 0. The number of guanidine groups is 1. The van der Waals surface area contributed by atoms with Crippen LogP contribution in [0.25, 0.3) is 0 Å². The summed E-state index contributed by atoms with van der Waals surface area (Å²) in [6.45, 7) is 12.9. The van der Waals surface area contributed by atoms with Crippen LogP contribution in [-0.4, -0.2) is 55.3 Å². The summed E-state index contributed by atoms with van der Waals surface area (Å²) >= 11 is 0. The van der Waals surface area contributed by atoms with Gasteiger partial charge in [-0.15, -0.1) is 24.0 Å². The highest BCUT2D eigenvalue weighted by Gasteiger charge is 2.18. The van der Waals surface area contributed by atoms with Crippen molar-refractivity contribution < 1.29 is 5.11 Å². The van der Waals surface area contributed by atoms with Crippen LogP contribution >= 0.6 is 24.0 Å². The van der Waals surface area contributed by atoms with Gasteiger partial charge in [-0.1, -0.05) is 51.1 Å². The van der Waals surface area contributed by atoms with Gasteiger partial charge < -0.3 is 15.7 Å². The Morgan fingerprint density at radius 1 is 1.12 bits per heavy atom. The van der Waals surface area contributed by atoms with Crippen LogP contribution < -0.4 is 10.6 Å². The summed E-state index contributed by atoms with van der Waals surface area (Å²) in [5.41, 5.74) is 1.31. The Bertz CT molecular complexity index is 466. The lowest BCUT2D eigenvalue weighted by molar-refractivity contribution is 0.219. The summed E-state index contributed by atoms with van der Waals surface area (Å²) in [6.07, 6.45) is 0. The molecular formula is C19H35IN4O. The highest BCUT2D eigenvalue weighted by Crippen LogP contribution is 2.19. The van der Waals surface area contributed by atoms with E-state index in [1.165, 1.54) is 5.56 Å². The summed E-state index contributed by atoms with van der Waals surface area (Å²) < 4.78 is 0. The van der Waals surface area contributed by atoms with Crippen molar-refractivity contribution in [1.29, 1.82) is 0 Å². The Hall–Kier alpha value is -0.860. The number of nitrogens with one attached hydrogen (secondary N) is 2. The van der Waals surface area contributed by atoms with Crippen molar-refractivity contribution in [2.24, 2.45) is 10.9 Å². The first-order valence-corrected chi connectivity index (χ1v) is 9.08. The maximum atomic E-state index is 9.16. The molecule has 0 radical (unpaired) electrons. The standard InChI is InChI=1S/C19H34N4O.HI/c1-5-20-19(21-13-16(4)15-24)22-14-18(23(6-2)7-3)17-11-9-8-10-12-17;/h8-12,16,18,24H,5-7,13-15H2,1-4H3,(H2,20,21,22);1H. The SMILES string of the molecule is CCNC(=NCC(C)CO)NCC(c1ccccc1)N(CC)CC.I. The van der Waals surface area contributed by atoms with E-state index in [9.17, 15) is 0 Å². The zero-order valence-corrected chi connectivity index (χ0v) is 18.4. The number of rotatable bonds is 10. The van der Waals surface area contributed by atoms with E-state index in [2.05, 4.69) is 71.6 Å². The molecule has 5 nitrogen and oxygen atoms in total. The molecule has 3 N–H and O–H groups in total. The number of likely N-dealkylation sites (N-methyl/N-ethyl adjacent to an activating group) is 1. The molecule has 6 heteroatoms. The Morgan fingerprint density at radius 3 is 2.28 bits per heavy atom. The average molecular weight is 462 g/mol. The first-order chi connectivity index (χ1) is 11.7. The molecule has 0 spiro atoms. The van der Waals surface area contributed by atoms with Gasteiger partial charge in [0.15, 0.2) is 5.96 Å². The van der Waals surface area contributed by atoms with E-state index >= 15 is 0 Å². The quantitative estimate of drug-likeness (QED) is 0.284. The zero-order chi connectivity index (χ0) is 17.8. The van der Waals surface area contributed by atoms with Gasteiger partial charge in [0.25, 0.3) is 0 Å². The summed E-state index contributed by atoms with van der Waals surface area (Å²) in [6, 6.07) is 10.9. The van der Waals surface area contributed by atoms with E-state index in [0.29, 0.717) is 12.6 Å². The van der Waals surface area contributed by atoms with Crippen molar-refractivity contribution in [3.63, 3.8) is 0 Å². The molecular weight excluding hydrogens is 427 g/mol. The number of halogens is 1. The van der Waals surface area contributed by atoms with Crippen LogP contribution in [0.5, 0.6) is 0 Å². The molecule has 1 aromatic rings. The van der Waals surface area contributed by atoms with Gasteiger partial charge in [-0.25, -0.2) is 0 Å². The number of hydrogen-bond acceptors (Lipinski definition) is 3. The molecule has 2 atom stereocenters. The minimum absolute atomic E-state index is 0. The molecule has 1 aromatic carbocycles. The van der Waals surface area contributed by atoms with Crippen molar-refractivity contribution in [3.05, 3.63) is 35.9 Å². The van der Waals surface area contributed by atoms with Crippen molar-refractivity contribution in [3.8, 4) is 0 Å². The van der Waals surface area contributed by atoms with E-state index in [1.807, 2.05) is 6.92 Å². The van der Waals surface area contributed by atoms with Gasteiger partial charge in [-0.05, 0) is 31.5 Å². The monoisotopic (exact) mass is 462 g/mol. The fourth-order valence-corrected chi connectivity index (χ4v) is 2.64. The Labute approximate surface area is 170 Å². The molecule has 144 valence electrons. The van der Waals surface area contributed by atoms with Gasteiger partial charge in [0.1, 0.15) is 0 Å². The first kappa shape index (κ1) is 24.1. The molecule has 0 amide bonds. The second kappa shape index (κ2) is 14.3. The number of aliphatic hydroxyl groups excluding tert-OH is 1. The molecule has 0 aliphatic carbocycles. The fourth-order valence-electron chi connectivity index (χ4n) is 2.64. The van der Waals surface area contributed by atoms with Crippen LogP contribution in [0, 0.1) is 5.92 Å². The minimum atomic E-state index is 0. The molecule has 25 heavy (non-hydrogen) atoms. The van der Waals surface area contributed by atoms with Gasteiger partial charge in [-0.2, -0.15) is 0 Å². The molecule has 1 rings (SSSR count). The lowest BCUT2D eigenvalue weighted by atomic mass is 10.1. The maximum absolute atomic E-state index is 9.16. The third-order valence-electron chi connectivity index (χ3n) is 4.12. The van der Waals surface area contributed by atoms with Crippen LogP contribution in [0.15, 0.2) is 35.3 Å². The van der Waals surface area contributed by atoms with Gasteiger partial charge in [0, 0.05) is 26.2 Å². The molecule has 0 aromatic heterocycles. The molecule has 0 heterocycles. The first-order valence-electron chi connectivity index (χ1n) is 9.08. The largest absolute Gasteiger partial charge is 0.396 e. The van der Waals surface area contributed by atoms with Crippen molar-refractivity contribution in [2.75, 3.05) is 39.3 Å². The minimum Gasteiger partial charge on any atom is -0.396 e. The van der Waals surface area contributed by atoms with Crippen molar-refractivity contribution in [1.82, 2.24) is 15.5 Å². The van der Waals surface area contributed by atoms with Crippen LogP contribution in [0.4, 0.5) is 0 Å². The highest BCUT2D eigenvalue weighted by atomic mass is 127. The maximum Gasteiger partial charge on any atom is 0.191 e. The van der Waals surface area contributed by atoms with Gasteiger partial charge in [0.05, 0.1) is 6.04 Å². The molecule has 0 aliphatic rings. The van der Waals surface area contributed by atoms with Crippen molar-refractivity contribution >= 4 is 29.9 Å². The summed E-state index contributed by atoms with van der Waals surface area (Å²) in [4.78, 5) is 7.02. The lowest BCUT2D eigenvalue weighted by Gasteiger charge is -2.31. The number of nitrogens with zero attached hydrogens (tertiary/aromatic N) is 2. The highest BCUT2D eigenvalue weighted by molar-refractivity contribution is 14.0. The molecule has 0 saturated heterocycles. The van der Waals surface area contributed by atoms with E-state index in [1.54, 1.807) is 0 Å². The van der Waals surface area contributed by atoms with Gasteiger partial charge in [0.2, 0.25) is 0 Å². The predicted molar refractivity (Wildman–Crippen MR) is 118 cm³/mol. The van der Waals surface area contributed by atoms with Crippen LogP contribution in [0.1, 0.15) is 39.3 Å². The number of hydrogen-bond donors (Lipinski definition) is 3. The predicted octanol–water partition coefficient (Wildman–Crippen LogP) is 2.87. The van der Waals surface area contributed by atoms with Crippen molar-refractivity contribution in [2.45, 2.75) is 33.7 Å². The lowest BCUT2D eigenvalue weighted by Crippen LogP contribution is -2.43. The van der Waals surface area contributed by atoms with E-state index in [-0.39, 0.29) is 36.5 Å². The zero-order valence-electron chi connectivity index (χ0n) is 16.0. The van der Waals surface area contributed by atoms with Gasteiger partial charge >= 0.3 is 0 Å². The molecule has 0 bridgehead atoms. The smallest absolute Gasteiger partial charge is 0.191 e. The average Bonchev–Trinajstić information content (AvgIpc) is 2.63. The third-order valence-corrected chi connectivity index (χ3v) is 4.12. The van der Waals surface area contributed by atoms with Gasteiger partial charge in [-0.3, -0.25) is 9.89 Å². The number of benzene rings is 1. The number of aliphatic imine (C=N–C) groups is 1. The number of aliphatic hydroxyl groups is 1. The van der Waals surface area contributed by atoms with Crippen LogP contribution in [0.3, 0.4) is 0 Å². The van der Waals surface area contributed by atoms with E-state index in [0.717, 1.165) is 32.1 Å². The summed E-state index contributed by atoms with van der Waals surface area (Å²) in [5, 5.41) is 15.9. The molecule has 0 saturated carbocycles.